The molecule has 0 saturated carbocycles. The molecule has 0 radical (unpaired) electrons. The van der Waals surface area contributed by atoms with Gasteiger partial charge in [0.1, 0.15) is 6.04 Å². The van der Waals surface area contributed by atoms with Crippen molar-refractivity contribution in [3.05, 3.63) is 12.2 Å². The number of methoxy groups -OCH3 is 1. The quantitative estimate of drug-likeness (QED) is 0.525. The summed E-state index contributed by atoms with van der Waals surface area (Å²) in [5.41, 5.74) is 0. The van der Waals surface area contributed by atoms with E-state index >= 15 is 0 Å². The number of amides is 1. The van der Waals surface area contributed by atoms with Gasteiger partial charge in [-0.05, 0) is 12.8 Å². The minimum atomic E-state index is -1.24. The molecule has 0 aromatic heterocycles. The van der Waals surface area contributed by atoms with Crippen LogP contribution in [0.3, 0.4) is 0 Å². The largest absolute Gasteiger partial charge is 0.480 e. The van der Waals surface area contributed by atoms with Gasteiger partial charge in [-0.3, -0.25) is 9.59 Å². The predicted molar refractivity (Wildman–Crippen MR) is 58.1 cm³/mol. The summed E-state index contributed by atoms with van der Waals surface area (Å²) < 4.78 is 4.37. The molecule has 1 atom stereocenters. The summed E-state index contributed by atoms with van der Waals surface area (Å²) in [6, 6.07) is -1.23. The standard InChI is InChI=1S/C11H15NO5/c1-17-9(13)6-8(11(15)16)12-10(14)7-4-2-3-5-7/h2-3,7-8H,4-6H2,1H3,(H,12,14)(H,15,16)/t8-/m0/s1. The minimum absolute atomic E-state index is 0.227. The first-order valence-electron chi connectivity index (χ1n) is 5.29. The van der Waals surface area contributed by atoms with E-state index in [2.05, 4.69) is 10.1 Å². The maximum Gasteiger partial charge on any atom is 0.326 e. The number of nitrogens with one attached hydrogen (secondary N) is 1. The van der Waals surface area contributed by atoms with E-state index in [1.807, 2.05) is 12.2 Å². The molecule has 0 unspecified atom stereocenters. The van der Waals surface area contributed by atoms with Gasteiger partial charge in [-0.1, -0.05) is 12.2 Å². The van der Waals surface area contributed by atoms with Gasteiger partial charge in [0.25, 0.3) is 0 Å². The second kappa shape index (κ2) is 6.03. The van der Waals surface area contributed by atoms with Crippen LogP contribution >= 0.6 is 0 Å². The first-order chi connectivity index (χ1) is 8.04. The fraction of sp³-hybridized carbons (Fsp3) is 0.545. The molecular formula is C11H15NO5. The summed E-state index contributed by atoms with van der Waals surface area (Å²) in [7, 11) is 1.17. The summed E-state index contributed by atoms with van der Waals surface area (Å²) in [5.74, 6) is -2.47. The van der Waals surface area contributed by atoms with Gasteiger partial charge in [0.15, 0.2) is 0 Å². The highest BCUT2D eigenvalue weighted by Gasteiger charge is 2.27. The van der Waals surface area contributed by atoms with Gasteiger partial charge < -0.3 is 15.2 Å². The molecule has 1 aliphatic carbocycles. The molecule has 0 aromatic carbocycles. The fourth-order valence-corrected chi connectivity index (χ4v) is 1.57. The first-order valence-corrected chi connectivity index (χ1v) is 5.29. The summed E-state index contributed by atoms with van der Waals surface area (Å²) in [6.45, 7) is 0. The lowest BCUT2D eigenvalue weighted by Gasteiger charge is -2.16. The molecule has 0 aliphatic heterocycles. The second-order valence-corrected chi connectivity index (χ2v) is 3.82. The topological polar surface area (TPSA) is 92.7 Å². The van der Waals surface area contributed by atoms with Crippen LogP contribution in [0.4, 0.5) is 0 Å². The van der Waals surface area contributed by atoms with Crippen molar-refractivity contribution in [2.75, 3.05) is 7.11 Å². The van der Waals surface area contributed by atoms with Crippen molar-refractivity contribution in [3.8, 4) is 0 Å². The van der Waals surface area contributed by atoms with Crippen molar-refractivity contribution in [1.82, 2.24) is 5.32 Å². The summed E-state index contributed by atoms with van der Waals surface area (Å²) in [5, 5.41) is 11.2. The molecule has 0 saturated heterocycles. The molecule has 94 valence electrons. The second-order valence-electron chi connectivity index (χ2n) is 3.82. The molecule has 1 aliphatic rings. The van der Waals surface area contributed by atoms with Crippen molar-refractivity contribution in [1.29, 1.82) is 0 Å². The van der Waals surface area contributed by atoms with Crippen LogP contribution in [-0.2, 0) is 19.1 Å². The number of hydrogen-bond donors (Lipinski definition) is 2. The molecule has 0 spiro atoms. The monoisotopic (exact) mass is 241 g/mol. The number of carboxylic acid groups (broad SMARTS) is 1. The highest BCUT2D eigenvalue weighted by Crippen LogP contribution is 2.17. The zero-order valence-corrected chi connectivity index (χ0v) is 9.51. The van der Waals surface area contributed by atoms with Crippen LogP contribution < -0.4 is 5.32 Å². The Morgan fingerprint density at radius 1 is 1.41 bits per heavy atom. The van der Waals surface area contributed by atoms with Crippen LogP contribution in [0.25, 0.3) is 0 Å². The molecule has 6 nitrogen and oxygen atoms in total. The number of hydrogen-bond acceptors (Lipinski definition) is 4. The van der Waals surface area contributed by atoms with E-state index in [0.29, 0.717) is 12.8 Å². The molecule has 0 heterocycles. The van der Waals surface area contributed by atoms with Gasteiger partial charge in [-0.15, -0.1) is 0 Å². The molecule has 0 aromatic rings. The van der Waals surface area contributed by atoms with Crippen molar-refractivity contribution in [2.24, 2.45) is 5.92 Å². The highest BCUT2D eigenvalue weighted by atomic mass is 16.5. The SMILES string of the molecule is COC(=O)C[C@H](NC(=O)C1CC=CC1)C(=O)O. The molecule has 0 fully saturated rings. The van der Waals surface area contributed by atoms with Gasteiger partial charge in [-0.25, -0.2) is 4.79 Å². The lowest BCUT2D eigenvalue weighted by Crippen LogP contribution is -2.44. The molecule has 17 heavy (non-hydrogen) atoms. The lowest BCUT2D eigenvalue weighted by molar-refractivity contribution is -0.149. The zero-order valence-electron chi connectivity index (χ0n) is 9.51. The number of rotatable bonds is 5. The lowest BCUT2D eigenvalue weighted by atomic mass is 10.1. The van der Waals surface area contributed by atoms with E-state index in [1.165, 1.54) is 7.11 Å². The highest BCUT2D eigenvalue weighted by molar-refractivity contribution is 5.88. The van der Waals surface area contributed by atoms with Gasteiger partial charge in [0.2, 0.25) is 5.91 Å². The third-order valence-electron chi connectivity index (χ3n) is 2.59. The van der Waals surface area contributed by atoms with Crippen LogP contribution in [-0.4, -0.2) is 36.1 Å². The van der Waals surface area contributed by atoms with E-state index in [-0.39, 0.29) is 18.2 Å². The predicted octanol–water partition coefficient (Wildman–Crippen LogP) is 0.0851. The normalized spacial score (nSPS) is 16.5. The van der Waals surface area contributed by atoms with Crippen LogP contribution in [0, 0.1) is 5.92 Å². The number of esters is 1. The molecule has 2 N–H and O–H groups in total. The van der Waals surface area contributed by atoms with Crippen LogP contribution in [0.5, 0.6) is 0 Å². The molecule has 6 heteroatoms. The van der Waals surface area contributed by atoms with Crippen LogP contribution in [0.1, 0.15) is 19.3 Å². The van der Waals surface area contributed by atoms with Crippen molar-refractivity contribution in [3.63, 3.8) is 0 Å². The number of ether oxygens (including phenoxy) is 1. The Balaban J connectivity index is 2.51. The average molecular weight is 241 g/mol. The van der Waals surface area contributed by atoms with Crippen LogP contribution in [0.2, 0.25) is 0 Å². The number of aliphatic carboxylic acids is 1. The Hall–Kier alpha value is -1.85. The van der Waals surface area contributed by atoms with E-state index in [0.717, 1.165) is 0 Å². The fourth-order valence-electron chi connectivity index (χ4n) is 1.57. The molecule has 1 rings (SSSR count). The Kier molecular flexibility index (Phi) is 4.68. The van der Waals surface area contributed by atoms with Gasteiger partial charge in [0.05, 0.1) is 13.5 Å². The van der Waals surface area contributed by atoms with Gasteiger partial charge >= 0.3 is 11.9 Å². The van der Waals surface area contributed by atoms with Gasteiger partial charge in [-0.2, -0.15) is 0 Å². The number of carbonyl (C=O) groups is 3. The summed E-state index contributed by atoms with van der Waals surface area (Å²) >= 11 is 0. The van der Waals surface area contributed by atoms with E-state index in [9.17, 15) is 14.4 Å². The van der Waals surface area contributed by atoms with Crippen molar-refractivity contribution in [2.45, 2.75) is 25.3 Å². The minimum Gasteiger partial charge on any atom is -0.480 e. The Morgan fingerprint density at radius 3 is 2.47 bits per heavy atom. The molecule has 1 amide bonds. The smallest absolute Gasteiger partial charge is 0.326 e. The Labute approximate surface area is 98.6 Å². The number of allylic oxidation sites excluding steroid dienone is 2. The third-order valence-corrected chi connectivity index (χ3v) is 2.59. The van der Waals surface area contributed by atoms with Crippen molar-refractivity contribution >= 4 is 17.8 Å². The number of carbonyl (C=O) groups excluding carboxylic acids is 2. The van der Waals surface area contributed by atoms with Crippen LogP contribution in [0.15, 0.2) is 12.2 Å². The molecular weight excluding hydrogens is 226 g/mol. The third kappa shape index (κ3) is 3.90. The average Bonchev–Trinajstić information content (AvgIpc) is 2.81. The number of carboxylic acids is 1. The van der Waals surface area contributed by atoms with Gasteiger partial charge in [0, 0.05) is 5.92 Å². The first kappa shape index (κ1) is 13.2. The molecule has 0 bridgehead atoms. The van der Waals surface area contributed by atoms with E-state index in [4.69, 9.17) is 5.11 Å². The van der Waals surface area contributed by atoms with Crippen molar-refractivity contribution < 1.29 is 24.2 Å². The van der Waals surface area contributed by atoms with E-state index in [1.54, 1.807) is 0 Å². The Bertz CT molecular complexity index is 342. The maximum absolute atomic E-state index is 11.7. The summed E-state index contributed by atoms with van der Waals surface area (Å²) in [4.78, 5) is 33.5. The Morgan fingerprint density at radius 2 is 2.00 bits per heavy atom. The zero-order chi connectivity index (χ0) is 12.8. The maximum atomic E-state index is 11.7. The summed E-state index contributed by atoms with van der Waals surface area (Å²) in [6.07, 6.45) is 4.60. The van der Waals surface area contributed by atoms with E-state index < -0.39 is 18.0 Å².